The monoisotopic (exact) mass is 275 g/mol. The molecule has 0 heterocycles. The van der Waals surface area contributed by atoms with Crippen molar-refractivity contribution >= 4 is 0 Å². The SMILES string of the molecule is CCC[C@]1(C2CCCCC2)C2CC3C[C@@H](C2)CC1(N)C3. The van der Waals surface area contributed by atoms with E-state index in [0.717, 1.165) is 23.7 Å². The average molecular weight is 275 g/mol. The zero-order chi connectivity index (χ0) is 13.8. The van der Waals surface area contributed by atoms with Crippen molar-refractivity contribution < 1.29 is 0 Å². The highest BCUT2D eigenvalue weighted by atomic mass is 14.9. The van der Waals surface area contributed by atoms with E-state index < -0.39 is 0 Å². The summed E-state index contributed by atoms with van der Waals surface area (Å²) in [6.45, 7) is 2.40. The molecule has 5 saturated carbocycles. The summed E-state index contributed by atoms with van der Waals surface area (Å²) in [5.74, 6) is 3.94. The molecule has 5 aliphatic rings. The Hall–Kier alpha value is -0.0400. The highest BCUT2D eigenvalue weighted by Crippen LogP contribution is 2.68. The maximum Gasteiger partial charge on any atom is 0.0222 e. The van der Waals surface area contributed by atoms with Gasteiger partial charge in [-0.15, -0.1) is 0 Å². The Morgan fingerprint density at radius 2 is 1.55 bits per heavy atom. The van der Waals surface area contributed by atoms with Gasteiger partial charge in [0.1, 0.15) is 0 Å². The second-order valence-electron chi connectivity index (χ2n) is 8.83. The molecular weight excluding hydrogens is 242 g/mol. The first-order valence-corrected chi connectivity index (χ1v) is 9.47. The molecule has 3 unspecified atom stereocenters. The van der Waals surface area contributed by atoms with Crippen LogP contribution in [0.5, 0.6) is 0 Å². The fourth-order valence-electron chi connectivity index (χ4n) is 7.65. The van der Waals surface area contributed by atoms with E-state index >= 15 is 0 Å². The highest BCUT2D eigenvalue weighted by Gasteiger charge is 2.65. The molecule has 20 heavy (non-hydrogen) atoms. The van der Waals surface area contributed by atoms with Crippen LogP contribution in [0.25, 0.3) is 0 Å². The number of rotatable bonds is 3. The Morgan fingerprint density at radius 3 is 2.10 bits per heavy atom. The highest BCUT2D eigenvalue weighted by molar-refractivity contribution is 5.18. The third-order valence-corrected chi connectivity index (χ3v) is 7.86. The molecule has 4 bridgehead atoms. The van der Waals surface area contributed by atoms with Crippen LogP contribution < -0.4 is 5.73 Å². The summed E-state index contributed by atoms with van der Waals surface area (Å²) in [6.07, 6.45) is 17.5. The van der Waals surface area contributed by atoms with Crippen molar-refractivity contribution in [1.82, 2.24) is 0 Å². The molecule has 1 heteroatoms. The van der Waals surface area contributed by atoms with Gasteiger partial charge in [-0.2, -0.15) is 0 Å². The normalized spacial score (nSPS) is 51.6. The lowest BCUT2D eigenvalue weighted by Gasteiger charge is -2.69. The Morgan fingerprint density at radius 1 is 0.900 bits per heavy atom. The number of nitrogens with two attached hydrogens (primary N) is 1. The maximum atomic E-state index is 7.22. The molecule has 2 N–H and O–H groups in total. The van der Waals surface area contributed by atoms with Gasteiger partial charge in [0.05, 0.1) is 0 Å². The van der Waals surface area contributed by atoms with Crippen molar-refractivity contribution in [3.63, 3.8) is 0 Å². The van der Waals surface area contributed by atoms with Crippen molar-refractivity contribution in [1.29, 1.82) is 0 Å². The lowest BCUT2D eigenvalue weighted by Crippen LogP contribution is -2.71. The summed E-state index contributed by atoms with van der Waals surface area (Å²) in [6, 6.07) is 0. The minimum absolute atomic E-state index is 0.222. The molecule has 0 aromatic rings. The standard InChI is InChI=1S/C19H33N/c1-2-8-19(16-6-4-3-5-7-16)17-10-14-9-15(11-17)13-18(19,20)12-14/h14-17H,2-13,20H2,1H3/t14-,15?,17?,18?,19-/m0/s1. The van der Waals surface area contributed by atoms with E-state index in [4.69, 9.17) is 5.73 Å². The fraction of sp³-hybridized carbons (Fsp3) is 1.00. The summed E-state index contributed by atoms with van der Waals surface area (Å²) in [5.41, 5.74) is 7.98. The summed E-state index contributed by atoms with van der Waals surface area (Å²) < 4.78 is 0. The summed E-state index contributed by atoms with van der Waals surface area (Å²) in [4.78, 5) is 0. The Kier molecular flexibility index (Phi) is 3.22. The van der Waals surface area contributed by atoms with Crippen LogP contribution in [-0.2, 0) is 0 Å². The molecule has 114 valence electrons. The minimum Gasteiger partial charge on any atom is -0.325 e. The van der Waals surface area contributed by atoms with Gasteiger partial charge >= 0.3 is 0 Å². The molecule has 5 fully saturated rings. The number of hydrogen-bond donors (Lipinski definition) is 1. The first-order valence-electron chi connectivity index (χ1n) is 9.47. The van der Waals surface area contributed by atoms with Crippen LogP contribution in [0.1, 0.15) is 84.0 Å². The third kappa shape index (κ3) is 1.71. The van der Waals surface area contributed by atoms with E-state index in [1.54, 1.807) is 0 Å². The predicted molar refractivity (Wildman–Crippen MR) is 84.4 cm³/mol. The van der Waals surface area contributed by atoms with Crippen molar-refractivity contribution in [3.8, 4) is 0 Å². The Balaban J connectivity index is 1.73. The van der Waals surface area contributed by atoms with Gasteiger partial charge in [-0.1, -0.05) is 32.6 Å². The fourth-order valence-corrected chi connectivity index (χ4v) is 7.65. The first kappa shape index (κ1) is 13.6. The number of hydrogen-bond acceptors (Lipinski definition) is 1. The van der Waals surface area contributed by atoms with Gasteiger partial charge in [-0.05, 0) is 80.5 Å². The van der Waals surface area contributed by atoms with Crippen LogP contribution in [0.3, 0.4) is 0 Å². The zero-order valence-corrected chi connectivity index (χ0v) is 13.4. The smallest absolute Gasteiger partial charge is 0.0222 e. The van der Waals surface area contributed by atoms with Crippen molar-refractivity contribution in [2.75, 3.05) is 0 Å². The average Bonchev–Trinajstić information content (AvgIpc) is 2.43. The van der Waals surface area contributed by atoms with Crippen LogP contribution >= 0.6 is 0 Å². The second-order valence-corrected chi connectivity index (χ2v) is 8.83. The molecule has 0 amide bonds. The largest absolute Gasteiger partial charge is 0.325 e. The third-order valence-electron chi connectivity index (χ3n) is 7.86. The Labute approximate surface area is 125 Å². The van der Waals surface area contributed by atoms with E-state index in [2.05, 4.69) is 6.92 Å². The van der Waals surface area contributed by atoms with Crippen LogP contribution in [0, 0.1) is 29.1 Å². The summed E-state index contributed by atoms with van der Waals surface area (Å²) in [7, 11) is 0. The van der Waals surface area contributed by atoms with Crippen molar-refractivity contribution in [2.24, 2.45) is 34.8 Å². The quantitative estimate of drug-likeness (QED) is 0.779. The molecule has 0 saturated heterocycles. The molecule has 0 aromatic heterocycles. The molecule has 1 nitrogen and oxygen atoms in total. The molecule has 0 aliphatic heterocycles. The van der Waals surface area contributed by atoms with Crippen LogP contribution in [0.2, 0.25) is 0 Å². The predicted octanol–water partition coefficient (Wildman–Crippen LogP) is 4.89. The van der Waals surface area contributed by atoms with Gasteiger partial charge < -0.3 is 5.73 Å². The molecule has 5 aliphatic carbocycles. The molecule has 5 rings (SSSR count). The minimum atomic E-state index is 0.222. The summed E-state index contributed by atoms with van der Waals surface area (Å²) in [5, 5.41) is 0. The lowest BCUT2D eigenvalue weighted by atomic mass is 9.37. The first-order chi connectivity index (χ1) is 9.68. The summed E-state index contributed by atoms with van der Waals surface area (Å²) >= 11 is 0. The van der Waals surface area contributed by atoms with E-state index in [1.165, 1.54) is 77.0 Å². The van der Waals surface area contributed by atoms with Crippen molar-refractivity contribution in [3.05, 3.63) is 0 Å². The van der Waals surface area contributed by atoms with Crippen LogP contribution in [0.4, 0.5) is 0 Å². The van der Waals surface area contributed by atoms with E-state index in [-0.39, 0.29) is 5.54 Å². The molecule has 0 aromatic carbocycles. The molecule has 5 atom stereocenters. The molecule has 0 spiro atoms. The van der Waals surface area contributed by atoms with E-state index in [1.807, 2.05) is 0 Å². The van der Waals surface area contributed by atoms with E-state index in [0.29, 0.717) is 5.41 Å². The zero-order valence-electron chi connectivity index (χ0n) is 13.4. The van der Waals surface area contributed by atoms with Gasteiger partial charge in [0.2, 0.25) is 0 Å². The van der Waals surface area contributed by atoms with Crippen LogP contribution in [-0.4, -0.2) is 5.54 Å². The van der Waals surface area contributed by atoms with Gasteiger partial charge in [0, 0.05) is 5.54 Å². The topological polar surface area (TPSA) is 26.0 Å². The Bertz CT molecular complexity index is 352. The maximum absolute atomic E-state index is 7.22. The van der Waals surface area contributed by atoms with Gasteiger partial charge in [0.15, 0.2) is 0 Å². The molecule has 0 radical (unpaired) electrons. The second kappa shape index (κ2) is 4.73. The van der Waals surface area contributed by atoms with Crippen LogP contribution in [0.15, 0.2) is 0 Å². The lowest BCUT2D eigenvalue weighted by molar-refractivity contribution is -0.166. The van der Waals surface area contributed by atoms with Gasteiger partial charge in [0.25, 0.3) is 0 Å². The van der Waals surface area contributed by atoms with Gasteiger partial charge in [-0.25, -0.2) is 0 Å². The van der Waals surface area contributed by atoms with Gasteiger partial charge in [-0.3, -0.25) is 0 Å². The molecular formula is C19H33N. The van der Waals surface area contributed by atoms with Crippen molar-refractivity contribution in [2.45, 2.75) is 89.5 Å². The van der Waals surface area contributed by atoms with E-state index in [9.17, 15) is 0 Å².